The summed E-state index contributed by atoms with van der Waals surface area (Å²) in [6, 6.07) is 1.35. The maximum Gasteiger partial charge on any atom is 0.465 e. The third kappa shape index (κ3) is 6.13. The van der Waals surface area contributed by atoms with Crippen LogP contribution in [0.5, 0.6) is 0 Å². The normalized spacial score (nSPS) is 12.7. The lowest BCUT2D eigenvalue weighted by Crippen LogP contribution is -2.43. The molecular weight excluding hydrogens is 261 g/mol. The van der Waals surface area contributed by atoms with Crippen LogP contribution < -0.4 is 0 Å². The van der Waals surface area contributed by atoms with Gasteiger partial charge in [0.15, 0.2) is 0 Å². The van der Waals surface area contributed by atoms with Crippen LogP contribution in [0.25, 0.3) is 0 Å². The molecule has 0 heterocycles. The molecule has 1 N–H and O–H groups in total. The van der Waals surface area contributed by atoms with Crippen molar-refractivity contribution in [2.45, 2.75) is 51.9 Å². The molecule has 0 amide bonds. The fourth-order valence-corrected chi connectivity index (χ4v) is 0.718. The van der Waals surface area contributed by atoms with Gasteiger partial charge in [0.1, 0.15) is 0 Å². The minimum absolute atomic E-state index is 0.676. The molecular formula is C10H18F5NO2. The number of aliphatic carboxylic acids is 1. The first-order chi connectivity index (χ1) is 7.75. The summed E-state index contributed by atoms with van der Waals surface area (Å²) in [6.07, 6.45) is -6.02. The fraction of sp³-hybridized carbons (Fsp3) is 0.900. The van der Waals surface area contributed by atoms with Crippen LogP contribution in [0.3, 0.4) is 0 Å². The quantitative estimate of drug-likeness (QED) is 0.807. The molecule has 0 aliphatic rings. The Kier molecular flexibility index (Phi) is 7.41. The molecule has 8 heteroatoms. The molecule has 0 aromatic rings. The van der Waals surface area contributed by atoms with E-state index in [0.29, 0.717) is 12.1 Å². The number of carbonyl (C=O) groups is 1. The average molecular weight is 279 g/mol. The lowest BCUT2D eigenvalue weighted by atomic mass is 10.3. The zero-order chi connectivity index (χ0) is 15.3. The van der Waals surface area contributed by atoms with Gasteiger partial charge in [0.05, 0.1) is 0 Å². The number of carboxylic acids is 1. The largest absolute Gasteiger partial charge is 0.477 e. The summed E-state index contributed by atoms with van der Waals surface area (Å²) in [4.78, 5) is 11.5. The topological polar surface area (TPSA) is 40.5 Å². The smallest absolute Gasteiger partial charge is 0.465 e. The van der Waals surface area contributed by atoms with E-state index in [0.717, 1.165) is 0 Å². The molecule has 0 saturated heterocycles. The van der Waals surface area contributed by atoms with Crippen LogP contribution in [0.2, 0.25) is 0 Å². The van der Waals surface area contributed by atoms with E-state index in [4.69, 9.17) is 5.11 Å². The lowest BCUT2D eigenvalue weighted by Gasteiger charge is -2.24. The van der Waals surface area contributed by atoms with Crippen LogP contribution in [0.4, 0.5) is 22.0 Å². The average Bonchev–Trinajstić information content (AvgIpc) is 2.15. The van der Waals surface area contributed by atoms with Gasteiger partial charge in [-0.1, -0.05) is 0 Å². The van der Waals surface area contributed by atoms with Gasteiger partial charge in [-0.15, -0.1) is 0 Å². The first kappa shape index (κ1) is 19.4. The number of alkyl halides is 5. The molecule has 0 atom stereocenters. The van der Waals surface area contributed by atoms with Crippen LogP contribution in [0, 0.1) is 0 Å². The van der Waals surface area contributed by atoms with Crippen LogP contribution in [-0.4, -0.2) is 47.2 Å². The molecule has 0 aliphatic carbocycles. The van der Waals surface area contributed by atoms with E-state index < -0.39 is 18.1 Å². The van der Waals surface area contributed by atoms with E-state index in [-0.39, 0.29) is 0 Å². The van der Waals surface area contributed by atoms with Gasteiger partial charge in [-0.25, -0.2) is 4.79 Å². The molecule has 0 aromatic carbocycles. The zero-order valence-corrected chi connectivity index (χ0v) is 10.8. The summed E-state index contributed by atoms with van der Waals surface area (Å²) in [7, 11) is 2.15. The first-order valence-corrected chi connectivity index (χ1v) is 5.15. The fourth-order valence-electron chi connectivity index (χ4n) is 0.718. The van der Waals surface area contributed by atoms with Gasteiger partial charge in [-0.05, 0) is 34.7 Å². The summed E-state index contributed by atoms with van der Waals surface area (Å²) in [6.45, 7) is 8.83. The van der Waals surface area contributed by atoms with Gasteiger partial charge < -0.3 is 10.0 Å². The lowest BCUT2D eigenvalue weighted by molar-refractivity contribution is -0.277. The van der Waals surface area contributed by atoms with Gasteiger partial charge in [-0.3, -0.25) is 0 Å². The predicted molar refractivity (Wildman–Crippen MR) is 56.7 cm³/mol. The number of rotatable bonds is 3. The first-order valence-electron chi connectivity index (χ1n) is 5.15. The molecule has 0 saturated carbocycles. The van der Waals surface area contributed by atoms with Crippen molar-refractivity contribution in [3.8, 4) is 0 Å². The Morgan fingerprint density at radius 3 is 1.28 bits per heavy atom. The van der Waals surface area contributed by atoms with Crippen molar-refractivity contribution in [1.29, 1.82) is 0 Å². The molecule has 0 bridgehead atoms. The van der Waals surface area contributed by atoms with E-state index in [1.807, 2.05) is 0 Å². The number of carboxylic acid groups (broad SMARTS) is 1. The van der Waals surface area contributed by atoms with Crippen molar-refractivity contribution >= 4 is 5.97 Å². The minimum atomic E-state index is -6.02. The monoisotopic (exact) mass is 279 g/mol. The highest BCUT2D eigenvalue weighted by atomic mass is 19.4. The third-order valence-electron chi connectivity index (χ3n) is 2.25. The second-order valence-electron chi connectivity index (χ2n) is 4.23. The predicted octanol–water partition coefficient (Wildman–Crippen LogP) is 3.00. The molecule has 0 rings (SSSR count). The van der Waals surface area contributed by atoms with Gasteiger partial charge in [-0.2, -0.15) is 22.0 Å². The maximum atomic E-state index is 11.3. The van der Waals surface area contributed by atoms with E-state index >= 15 is 0 Å². The Balaban J connectivity index is 0. The molecule has 110 valence electrons. The molecule has 0 spiro atoms. The Bertz CT molecular complexity index is 255. The molecule has 3 nitrogen and oxygen atoms in total. The van der Waals surface area contributed by atoms with Crippen molar-refractivity contribution < 1.29 is 31.9 Å². The Hall–Kier alpha value is -0.920. The standard InChI is InChI=1S/C7H17N.C3HF5O2/c1-6(2)8(5)7(3)4;4-2(5,1(9)10)3(6,7)8/h6-7H,1-5H3;(H,9,10). The maximum absolute atomic E-state index is 11.3. The van der Waals surface area contributed by atoms with E-state index in [9.17, 15) is 26.7 Å². The van der Waals surface area contributed by atoms with Gasteiger partial charge in [0.2, 0.25) is 0 Å². The highest BCUT2D eigenvalue weighted by Crippen LogP contribution is 2.35. The summed E-state index contributed by atoms with van der Waals surface area (Å²) >= 11 is 0. The Morgan fingerprint density at radius 1 is 1.00 bits per heavy atom. The van der Waals surface area contributed by atoms with E-state index in [1.54, 1.807) is 0 Å². The van der Waals surface area contributed by atoms with Crippen LogP contribution >= 0.6 is 0 Å². The second-order valence-corrected chi connectivity index (χ2v) is 4.23. The molecule has 0 radical (unpaired) electrons. The van der Waals surface area contributed by atoms with Crippen LogP contribution in [0.1, 0.15) is 27.7 Å². The third-order valence-corrected chi connectivity index (χ3v) is 2.25. The summed E-state index contributed by atoms with van der Waals surface area (Å²) in [5.41, 5.74) is 0. The van der Waals surface area contributed by atoms with Crippen molar-refractivity contribution in [3.05, 3.63) is 0 Å². The van der Waals surface area contributed by atoms with E-state index in [2.05, 4.69) is 39.6 Å². The molecule has 0 aliphatic heterocycles. The number of halogens is 5. The highest BCUT2D eigenvalue weighted by Gasteiger charge is 2.64. The van der Waals surface area contributed by atoms with Crippen LogP contribution in [-0.2, 0) is 4.79 Å². The van der Waals surface area contributed by atoms with Gasteiger partial charge >= 0.3 is 18.1 Å². The van der Waals surface area contributed by atoms with Crippen molar-refractivity contribution in [1.82, 2.24) is 4.90 Å². The zero-order valence-electron chi connectivity index (χ0n) is 10.8. The number of hydrogen-bond donors (Lipinski definition) is 1. The number of nitrogens with zero attached hydrogens (tertiary/aromatic N) is 1. The van der Waals surface area contributed by atoms with Gasteiger partial charge in [0, 0.05) is 12.1 Å². The molecule has 0 fully saturated rings. The Morgan fingerprint density at radius 2 is 1.28 bits per heavy atom. The highest BCUT2D eigenvalue weighted by molar-refractivity contribution is 5.76. The molecule has 0 aromatic heterocycles. The molecule has 0 unspecified atom stereocenters. The summed E-state index contributed by atoms with van der Waals surface area (Å²) in [5.74, 6) is -8.84. The molecule has 18 heavy (non-hydrogen) atoms. The SMILES string of the molecule is CC(C)N(C)C(C)C.O=C(O)C(F)(F)C(F)(F)F. The Labute approximate surface area is 103 Å². The van der Waals surface area contributed by atoms with E-state index in [1.165, 1.54) is 0 Å². The minimum Gasteiger partial charge on any atom is -0.477 e. The van der Waals surface area contributed by atoms with Gasteiger partial charge in [0.25, 0.3) is 0 Å². The van der Waals surface area contributed by atoms with Crippen molar-refractivity contribution in [2.24, 2.45) is 0 Å². The second kappa shape index (κ2) is 6.86. The van der Waals surface area contributed by atoms with Crippen molar-refractivity contribution in [3.63, 3.8) is 0 Å². The summed E-state index contributed by atoms with van der Waals surface area (Å²) < 4.78 is 55.5. The summed E-state index contributed by atoms with van der Waals surface area (Å²) in [5, 5.41) is 7.31. The van der Waals surface area contributed by atoms with Crippen LogP contribution in [0.15, 0.2) is 0 Å². The number of hydrogen-bond acceptors (Lipinski definition) is 2. The van der Waals surface area contributed by atoms with Crippen molar-refractivity contribution in [2.75, 3.05) is 7.05 Å².